The summed E-state index contributed by atoms with van der Waals surface area (Å²) in [4.78, 5) is 24.5. The summed E-state index contributed by atoms with van der Waals surface area (Å²) < 4.78 is 11.4. The molecule has 2 aliphatic carbocycles. The Hall–Kier alpha value is -2.72. The van der Waals surface area contributed by atoms with E-state index in [1.54, 1.807) is 12.4 Å². The predicted octanol–water partition coefficient (Wildman–Crippen LogP) is 2.18. The summed E-state index contributed by atoms with van der Waals surface area (Å²) >= 11 is 0. The maximum atomic E-state index is 13.4. The average molecular weight is 441 g/mol. The van der Waals surface area contributed by atoms with Crippen molar-refractivity contribution >= 4 is 23.4 Å². The van der Waals surface area contributed by atoms with Gasteiger partial charge >= 0.3 is 0 Å². The zero-order valence-electron chi connectivity index (χ0n) is 17.9. The van der Waals surface area contributed by atoms with Crippen molar-refractivity contribution in [2.45, 2.75) is 75.0 Å². The summed E-state index contributed by atoms with van der Waals surface area (Å²) in [6, 6.07) is -0.0194. The SMILES string of the molecule is O=C1N([C@@H]2CCC[C@@H](O)C2)c2nc(Nc3c[nH]nc3OC3CCOCC3)ncc2C12CC2. The van der Waals surface area contributed by atoms with Crippen molar-refractivity contribution in [3.63, 3.8) is 0 Å². The van der Waals surface area contributed by atoms with Crippen LogP contribution in [0.1, 0.15) is 56.9 Å². The van der Waals surface area contributed by atoms with Gasteiger partial charge in [0.05, 0.1) is 24.7 Å². The Labute approximate surface area is 185 Å². The third-order valence-corrected chi connectivity index (χ3v) is 7.17. The van der Waals surface area contributed by atoms with E-state index in [4.69, 9.17) is 14.5 Å². The standard InChI is InChI=1S/C22H28N6O4/c29-14-3-1-2-13(10-14)28-18-16(22(6-7-22)20(28)30)11-23-21(26-18)25-17-12-24-27-19(17)32-15-4-8-31-9-5-15/h11-15,29H,1-10H2,(H,24,27)(H,23,25,26)/t13-,14-/m1/s1. The molecule has 10 heteroatoms. The van der Waals surface area contributed by atoms with Crippen LogP contribution >= 0.6 is 0 Å². The van der Waals surface area contributed by atoms with Gasteiger partial charge < -0.3 is 19.9 Å². The second-order valence-electron chi connectivity index (χ2n) is 9.32. The summed E-state index contributed by atoms with van der Waals surface area (Å²) in [5.41, 5.74) is 1.11. The molecule has 170 valence electrons. The molecule has 4 aliphatic rings. The lowest BCUT2D eigenvalue weighted by Crippen LogP contribution is -2.44. The van der Waals surface area contributed by atoms with E-state index in [0.717, 1.165) is 50.5 Å². The molecule has 2 aromatic heterocycles. The largest absolute Gasteiger partial charge is 0.472 e. The van der Waals surface area contributed by atoms with Crippen LogP contribution in [0.5, 0.6) is 5.88 Å². The molecule has 1 saturated heterocycles. The predicted molar refractivity (Wildman–Crippen MR) is 115 cm³/mol. The third-order valence-electron chi connectivity index (χ3n) is 7.17. The molecule has 2 aliphatic heterocycles. The topological polar surface area (TPSA) is 125 Å². The smallest absolute Gasteiger partial charge is 0.256 e. The summed E-state index contributed by atoms with van der Waals surface area (Å²) in [5, 5.41) is 20.5. The lowest BCUT2D eigenvalue weighted by atomic mass is 9.92. The Morgan fingerprint density at radius 3 is 2.88 bits per heavy atom. The van der Waals surface area contributed by atoms with Gasteiger partial charge in [0.25, 0.3) is 5.88 Å². The normalized spacial score (nSPS) is 26.9. The molecule has 4 heterocycles. The number of nitrogens with one attached hydrogen (secondary N) is 2. The molecule has 2 aromatic rings. The number of H-pyrrole nitrogens is 1. The molecule has 0 bridgehead atoms. The van der Waals surface area contributed by atoms with Gasteiger partial charge in [0.1, 0.15) is 17.6 Å². The van der Waals surface area contributed by atoms with E-state index in [-0.39, 0.29) is 24.2 Å². The molecule has 0 radical (unpaired) electrons. The summed E-state index contributed by atoms with van der Waals surface area (Å²) in [7, 11) is 0. The Bertz CT molecular complexity index is 1020. The van der Waals surface area contributed by atoms with Gasteiger partial charge in [-0.15, -0.1) is 5.10 Å². The Morgan fingerprint density at radius 1 is 1.25 bits per heavy atom. The van der Waals surface area contributed by atoms with Crippen LogP contribution in [0.4, 0.5) is 17.5 Å². The quantitative estimate of drug-likeness (QED) is 0.646. The molecule has 6 rings (SSSR count). The first-order valence-electron chi connectivity index (χ1n) is 11.6. The molecule has 3 N–H and O–H groups in total. The van der Waals surface area contributed by atoms with Gasteiger partial charge in [-0.2, -0.15) is 4.98 Å². The molecule has 2 atom stereocenters. The number of nitrogens with zero attached hydrogens (tertiary/aromatic N) is 4. The number of aliphatic hydroxyl groups is 1. The summed E-state index contributed by atoms with van der Waals surface area (Å²) in [5.74, 6) is 1.67. The number of anilines is 3. The Morgan fingerprint density at radius 2 is 2.09 bits per heavy atom. The molecular formula is C22H28N6O4. The van der Waals surface area contributed by atoms with Gasteiger partial charge in [-0.3, -0.25) is 14.8 Å². The molecule has 32 heavy (non-hydrogen) atoms. The highest BCUT2D eigenvalue weighted by Gasteiger charge is 2.61. The third kappa shape index (κ3) is 3.32. The zero-order valence-corrected chi connectivity index (χ0v) is 17.9. The van der Waals surface area contributed by atoms with Crippen molar-refractivity contribution in [3.8, 4) is 5.88 Å². The van der Waals surface area contributed by atoms with E-state index in [9.17, 15) is 9.90 Å². The van der Waals surface area contributed by atoms with E-state index in [1.165, 1.54) is 0 Å². The van der Waals surface area contributed by atoms with E-state index in [1.807, 2.05) is 4.90 Å². The second kappa shape index (κ2) is 7.70. The monoisotopic (exact) mass is 440 g/mol. The number of ether oxygens (including phenoxy) is 2. The number of rotatable bonds is 5. The van der Waals surface area contributed by atoms with Crippen molar-refractivity contribution in [1.82, 2.24) is 20.2 Å². The number of hydrogen-bond acceptors (Lipinski definition) is 8. The van der Waals surface area contributed by atoms with Gasteiger partial charge in [0.2, 0.25) is 11.9 Å². The van der Waals surface area contributed by atoms with Crippen LogP contribution < -0.4 is 15.0 Å². The Kier molecular flexibility index (Phi) is 4.80. The first-order chi connectivity index (χ1) is 15.6. The van der Waals surface area contributed by atoms with E-state index >= 15 is 0 Å². The van der Waals surface area contributed by atoms with Crippen LogP contribution in [0.3, 0.4) is 0 Å². The van der Waals surface area contributed by atoms with Crippen molar-refractivity contribution in [1.29, 1.82) is 0 Å². The van der Waals surface area contributed by atoms with Crippen molar-refractivity contribution in [2.24, 2.45) is 0 Å². The number of hydrogen-bond donors (Lipinski definition) is 3. The van der Waals surface area contributed by atoms with Gasteiger partial charge in [-0.05, 0) is 38.5 Å². The second-order valence-corrected chi connectivity index (χ2v) is 9.32. The van der Waals surface area contributed by atoms with Gasteiger partial charge in [0, 0.05) is 36.8 Å². The fourth-order valence-electron chi connectivity index (χ4n) is 5.25. The Balaban J connectivity index is 1.26. The minimum atomic E-state index is -0.455. The van der Waals surface area contributed by atoms with Crippen LogP contribution in [0.15, 0.2) is 12.4 Å². The number of amides is 1. The van der Waals surface area contributed by atoms with Crippen LogP contribution in [0.2, 0.25) is 0 Å². The molecule has 0 unspecified atom stereocenters. The van der Waals surface area contributed by atoms with Crippen LogP contribution in [-0.2, 0) is 14.9 Å². The van der Waals surface area contributed by atoms with Gasteiger partial charge in [0.15, 0.2) is 0 Å². The van der Waals surface area contributed by atoms with Crippen molar-refractivity contribution in [3.05, 3.63) is 18.0 Å². The number of aromatic amines is 1. The molecular weight excluding hydrogens is 412 g/mol. The fraction of sp³-hybridized carbons (Fsp3) is 0.636. The first-order valence-corrected chi connectivity index (χ1v) is 11.6. The zero-order chi connectivity index (χ0) is 21.7. The number of aromatic nitrogens is 4. The molecule has 1 amide bonds. The number of carbonyl (C=O) groups is 1. The van der Waals surface area contributed by atoms with Crippen LogP contribution in [0, 0.1) is 0 Å². The molecule has 1 spiro atoms. The minimum Gasteiger partial charge on any atom is -0.472 e. The first kappa shape index (κ1) is 19.9. The molecule has 0 aromatic carbocycles. The summed E-state index contributed by atoms with van der Waals surface area (Å²) in [6.45, 7) is 1.38. The van der Waals surface area contributed by atoms with Gasteiger partial charge in [-0.25, -0.2) is 4.98 Å². The van der Waals surface area contributed by atoms with Crippen molar-refractivity contribution in [2.75, 3.05) is 23.4 Å². The van der Waals surface area contributed by atoms with E-state index < -0.39 is 5.41 Å². The molecule has 3 fully saturated rings. The fourth-order valence-corrected chi connectivity index (χ4v) is 5.25. The maximum Gasteiger partial charge on any atom is 0.256 e. The highest BCUT2D eigenvalue weighted by molar-refractivity contribution is 6.09. The van der Waals surface area contributed by atoms with Crippen LogP contribution in [0.25, 0.3) is 0 Å². The molecule has 10 nitrogen and oxygen atoms in total. The van der Waals surface area contributed by atoms with Gasteiger partial charge in [-0.1, -0.05) is 0 Å². The molecule has 2 saturated carbocycles. The van der Waals surface area contributed by atoms with E-state index in [0.29, 0.717) is 43.0 Å². The number of carbonyl (C=O) groups excluding carboxylic acids is 1. The minimum absolute atomic E-state index is 0.0194. The number of fused-ring (bicyclic) bond motifs is 2. The number of aliphatic hydroxyl groups excluding tert-OH is 1. The average Bonchev–Trinajstić information content (AvgIpc) is 3.44. The van der Waals surface area contributed by atoms with E-state index in [2.05, 4.69) is 20.5 Å². The van der Waals surface area contributed by atoms with Crippen molar-refractivity contribution < 1.29 is 19.4 Å². The maximum absolute atomic E-state index is 13.4. The highest BCUT2D eigenvalue weighted by Crippen LogP contribution is 2.57. The summed E-state index contributed by atoms with van der Waals surface area (Å²) in [6.07, 6.45) is 9.72. The lowest BCUT2D eigenvalue weighted by Gasteiger charge is -2.33. The lowest BCUT2D eigenvalue weighted by molar-refractivity contribution is -0.121. The highest BCUT2D eigenvalue weighted by atomic mass is 16.5. The van der Waals surface area contributed by atoms with Crippen LogP contribution in [-0.4, -0.2) is 62.6 Å².